The fraction of sp³-hybridized carbons (Fsp3) is 0.250. The number of aliphatic hydroxyl groups is 2. The lowest BCUT2D eigenvalue weighted by Gasteiger charge is -2.11. The van der Waals surface area contributed by atoms with E-state index in [9.17, 15) is 9.90 Å². The molecule has 1 rings (SSSR count). The number of aliphatic hydroxyl groups excluding tert-OH is 2. The van der Waals surface area contributed by atoms with E-state index in [4.69, 9.17) is 16.1 Å². The zero-order chi connectivity index (χ0) is 10.7. The molecular weight excluding hydrogens is 186 g/mol. The van der Waals surface area contributed by atoms with Crippen LogP contribution in [0.15, 0.2) is 17.1 Å². The van der Waals surface area contributed by atoms with Crippen LogP contribution in [0.1, 0.15) is 11.7 Å². The first-order valence-electron chi connectivity index (χ1n) is 3.80. The summed E-state index contributed by atoms with van der Waals surface area (Å²) in [5.41, 5.74) is 4.92. The van der Waals surface area contributed by atoms with Crippen molar-refractivity contribution in [3.63, 3.8) is 0 Å². The Labute approximate surface area is 79.2 Å². The number of H-pyrrole nitrogens is 1. The van der Waals surface area contributed by atoms with Gasteiger partial charge in [0.05, 0.1) is 11.8 Å². The third kappa shape index (κ3) is 1.90. The predicted molar refractivity (Wildman–Crippen MR) is 48.1 cm³/mol. The summed E-state index contributed by atoms with van der Waals surface area (Å²) in [7, 11) is 0. The molecule has 1 aromatic heterocycles. The molecule has 0 fully saturated rings. The summed E-state index contributed by atoms with van der Waals surface area (Å²) in [6.07, 6.45) is -1.72. The number of pyridine rings is 1. The van der Waals surface area contributed by atoms with Crippen LogP contribution in [0, 0.1) is 11.3 Å². The van der Waals surface area contributed by atoms with Crippen LogP contribution in [-0.2, 0) is 0 Å². The van der Waals surface area contributed by atoms with E-state index in [-0.39, 0.29) is 11.3 Å². The number of nitrogens with two attached hydrogens (primary N) is 1. The Balaban J connectivity index is 3.04. The molecule has 6 heteroatoms. The van der Waals surface area contributed by atoms with Crippen LogP contribution in [0.3, 0.4) is 0 Å². The SMILES string of the molecule is N#CC(O)C(O)c1c[nH]c(=O)c(N)c1. The number of rotatable bonds is 2. The molecule has 0 bridgehead atoms. The van der Waals surface area contributed by atoms with Crippen LogP contribution in [0.25, 0.3) is 0 Å². The van der Waals surface area contributed by atoms with Crippen molar-refractivity contribution in [1.82, 2.24) is 4.98 Å². The van der Waals surface area contributed by atoms with Gasteiger partial charge in [0, 0.05) is 11.8 Å². The van der Waals surface area contributed by atoms with Crippen LogP contribution in [0.4, 0.5) is 5.69 Å². The lowest BCUT2D eigenvalue weighted by molar-refractivity contribution is 0.0526. The summed E-state index contributed by atoms with van der Waals surface area (Å²) in [6, 6.07) is 2.68. The molecule has 1 heterocycles. The van der Waals surface area contributed by atoms with Crippen LogP contribution in [0.2, 0.25) is 0 Å². The molecule has 0 saturated carbocycles. The number of aromatic amines is 1. The van der Waals surface area contributed by atoms with E-state index in [0.717, 1.165) is 0 Å². The first-order chi connectivity index (χ1) is 6.56. The molecule has 0 aliphatic rings. The number of nitrogens with one attached hydrogen (secondary N) is 1. The molecule has 2 unspecified atom stereocenters. The van der Waals surface area contributed by atoms with Crippen molar-refractivity contribution < 1.29 is 10.2 Å². The van der Waals surface area contributed by atoms with E-state index in [2.05, 4.69) is 4.98 Å². The van der Waals surface area contributed by atoms with E-state index in [1.165, 1.54) is 18.3 Å². The quantitative estimate of drug-likeness (QED) is 0.445. The van der Waals surface area contributed by atoms with Gasteiger partial charge in [0.1, 0.15) is 6.10 Å². The number of nitrogens with zero attached hydrogens (tertiary/aromatic N) is 1. The van der Waals surface area contributed by atoms with Crippen molar-refractivity contribution in [2.45, 2.75) is 12.2 Å². The van der Waals surface area contributed by atoms with Gasteiger partial charge in [-0.1, -0.05) is 0 Å². The summed E-state index contributed by atoms with van der Waals surface area (Å²) in [5, 5.41) is 26.7. The zero-order valence-electron chi connectivity index (χ0n) is 7.14. The molecule has 6 nitrogen and oxygen atoms in total. The standard InChI is InChI=1S/C8H9N3O3/c9-2-6(12)7(13)4-1-5(10)8(14)11-3-4/h1,3,6-7,12-13H,10H2,(H,11,14). The minimum Gasteiger partial charge on any atom is -0.394 e. The second-order valence-corrected chi connectivity index (χ2v) is 2.74. The average Bonchev–Trinajstić information content (AvgIpc) is 2.20. The Morgan fingerprint density at radius 3 is 2.71 bits per heavy atom. The lowest BCUT2D eigenvalue weighted by atomic mass is 10.1. The normalized spacial score (nSPS) is 14.4. The molecule has 0 spiro atoms. The van der Waals surface area contributed by atoms with Gasteiger partial charge in [-0.05, 0) is 6.07 Å². The number of nitrogen functional groups attached to an aromatic ring is 1. The van der Waals surface area contributed by atoms with Gasteiger partial charge in [-0.25, -0.2) is 0 Å². The number of aromatic nitrogens is 1. The van der Waals surface area contributed by atoms with Crippen LogP contribution < -0.4 is 11.3 Å². The van der Waals surface area contributed by atoms with E-state index in [0.29, 0.717) is 0 Å². The van der Waals surface area contributed by atoms with Crippen molar-refractivity contribution in [3.05, 3.63) is 28.2 Å². The van der Waals surface area contributed by atoms with Gasteiger partial charge in [-0.2, -0.15) is 5.26 Å². The Bertz CT molecular complexity index is 421. The smallest absolute Gasteiger partial charge is 0.271 e. The first-order valence-corrected chi connectivity index (χ1v) is 3.80. The molecule has 0 aliphatic heterocycles. The molecule has 1 aromatic rings. The predicted octanol–water partition coefficient (Wildman–Crippen LogP) is -1.13. The average molecular weight is 195 g/mol. The number of hydrogen-bond donors (Lipinski definition) is 4. The topological polar surface area (TPSA) is 123 Å². The van der Waals surface area contributed by atoms with Gasteiger partial charge in [-0.3, -0.25) is 4.79 Å². The van der Waals surface area contributed by atoms with Crippen molar-refractivity contribution in [2.24, 2.45) is 0 Å². The first kappa shape index (κ1) is 10.2. The molecular formula is C8H9N3O3. The van der Waals surface area contributed by atoms with Crippen LogP contribution in [-0.4, -0.2) is 21.3 Å². The Kier molecular flexibility index (Phi) is 2.86. The van der Waals surface area contributed by atoms with E-state index >= 15 is 0 Å². The van der Waals surface area contributed by atoms with Gasteiger partial charge in [0.25, 0.3) is 5.56 Å². The highest BCUT2D eigenvalue weighted by Gasteiger charge is 2.18. The largest absolute Gasteiger partial charge is 0.394 e. The maximum atomic E-state index is 10.8. The van der Waals surface area contributed by atoms with Gasteiger partial charge in [0.2, 0.25) is 0 Å². The molecule has 14 heavy (non-hydrogen) atoms. The van der Waals surface area contributed by atoms with Crippen molar-refractivity contribution in [2.75, 3.05) is 5.73 Å². The molecule has 0 radical (unpaired) electrons. The third-order valence-electron chi connectivity index (χ3n) is 1.73. The highest BCUT2D eigenvalue weighted by Crippen LogP contribution is 2.15. The highest BCUT2D eigenvalue weighted by molar-refractivity contribution is 5.38. The number of hydrogen-bond acceptors (Lipinski definition) is 5. The molecule has 0 amide bonds. The van der Waals surface area contributed by atoms with Gasteiger partial charge in [-0.15, -0.1) is 0 Å². The summed E-state index contributed by atoms with van der Waals surface area (Å²) >= 11 is 0. The zero-order valence-corrected chi connectivity index (χ0v) is 7.14. The molecule has 2 atom stereocenters. The van der Waals surface area contributed by atoms with Crippen LogP contribution >= 0.6 is 0 Å². The Hall–Kier alpha value is -1.84. The molecule has 74 valence electrons. The second kappa shape index (κ2) is 3.91. The van der Waals surface area contributed by atoms with E-state index in [1.54, 1.807) is 0 Å². The van der Waals surface area contributed by atoms with Crippen molar-refractivity contribution >= 4 is 5.69 Å². The van der Waals surface area contributed by atoms with E-state index < -0.39 is 17.8 Å². The maximum Gasteiger partial charge on any atom is 0.271 e. The number of nitriles is 1. The summed E-state index contributed by atoms with van der Waals surface area (Å²) in [5.74, 6) is 0. The van der Waals surface area contributed by atoms with Gasteiger partial charge < -0.3 is 20.9 Å². The summed E-state index contributed by atoms with van der Waals surface area (Å²) in [4.78, 5) is 13.1. The minimum absolute atomic E-state index is 0.0771. The highest BCUT2D eigenvalue weighted by atomic mass is 16.3. The van der Waals surface area contributed by atoms with Gasteiger partial charge in [0.15, 0.2) is 6.10 Å². The second-order valence-electron chi connectivity index (χ2n) is 2.74. The molecule has 5 N–H and O–H groups in total. The lowest BCUT2D eigenvalue weighted by Crippen LogP contribution is -2.19. The summed E-state index contributed by atoms with van der Waals surface area (Å²) in [6.45, 7) is 0. The molecule has 0 saturated heterocycles. The Morgan fingerprint density at radius 1 is 1.57 bits per heavy atom. The summed E-state index contributed by atoms with van der Waals surface area (Å²) < 4.78 is 0. The van der Waals surface area contributed by atoms with Crippen molar-refractivity contribution in [3.8, 4) is 6.07 Å². The van der Waals surface area contributed by atoms with E-state index in [1.807, 2.05) is 0 Å². The van der Waals surface area contributed by atoms with Gasteiger partial charge >= 0.3 is 0 Å². The monoisotopic (exact) mass is 195 g/mol. The minimum atomic E-state index is -1.54. The fourth-order valence-electron chi connectivity index (χ4n) is 0.943. The Morgan fingerprint density at radius 2 is 2.21 bits per heavy atom. The third-order valence-corrected chi connectivity index (χ3v) is 1.73. The number of anilines is 1. The fourth-order valence-corrected chi connectivity index (χ4v) is 0.943. The van der Waals surface area contributed by atoms with Crippen molar-refractivity contribution in [1.29, 1.82) is 5.26 Å². The molecule has 0 aliphatic carbocycles. The maximum absolute atomic E-state index is 10.8. The van der Waals surface area contributed by atoms with Crippen LogP contribution in [0.5, 0.6) is 0 Å². The molecule has 0 aromatic carbocycles.